The van der Waals surface area contributed by atoms with Gasteiger partial charge in [0, 0.05) is 12.6 Å². The van der Waals surface area contributed by atoms with Gasteiger partial charge in [0.2, 0.25) is 0 Å². The monoisotopic (exact) mass is 168 g/mol. The van der Waals surface area contributed by atoms with Gasteiger partial charge in [-0.1, -0.05) is 5.16 Å². The Hall–Kier alpha value is -0.570. The molecule has 0 amide bonds. The summed E-state index contributed by atoms with van der Waals surface area (Å²) in [6, 6.07) is 0.683. The molecule has 1 N–H and O–H groups in total. The molecular weight excluding hydrogens is 152 g/mol. The molecule has 0 aromatic carbocycles. The molecule has 3 rings (SSSR count). The average molecular weight is 168 g/mol. The van der Waals surface area contributed by atoms with Crippen molar-refractivity contribution in [3.05, 3.63) is 0 Å². The Bertz CT molecular complexity index is 203. The van der Waals surface area contributed by atoms with Crippen molar-refractivity contribution in [2.75, 3.05) is 13.1 Å². The maximum Gasteiger partial charge on any atom is 0.0713 e. The second-order valence-electron chi connectivity index (χ2n) is 4.08. The smallest absolute Gasteiger partial charge is 0.0713 e. The molecule has 68 valence electrons. The van der Waals surface area contributed by atoms with E-state index in [4.69, 9.17) is 5.21 Å². The summed E-state index contributed by atoms with van der Waals surface area (Å²) in [6.45, 7) is 4.34. The maximum absolute atomic E-state index is 8.73. The SMILES string of the molecule is CC1CC2CCN1C/C(=N/O)C2. The highest BCUT2D eigenvalue weighted by Crippen LogP contribution is 2.29. The third kappa shape index (κ3) is 1.33. The van der Waals surface area contributed by atoms with Crippen LogP contribution < -0.4 is 0 Å². The zero-order chi connectivity index (χ0) is 8.55. The summed E-state index contributed by atoms with van der Waals surface area (Å²) >= 11 is 0. The Labute approximate surface area is 73.1 Å². The molecule has 0 spiro atoms. The lowest BCUT2D eigenvalue weighted by Gasteiger charge is -2.32. The molecule has 0 aromatic heterocycles. The van der Waals surface area contributed by atoms with E-state index in [1.54, 1.807) is 0 Å². The standard InChI is InChI=1S/C9H16N2O/c1-7-4-8-2-3-11(7)6-9(5-8)10-12/h7-8,12H,2-6H2,1H3/b10-9+. The van der Waals surface area contributed by atoms with Crippen LogP contribution in [-0.4, -0.2) is 35.0 Å². The molecule has 3 aliphatic rings. The summed E-state index contributed by atoms with van der Waals surface area (Å²) < 4.78 is 0. The second-order valence-corrected chi connectivity index (χ2v) is 4.08. The summed E-state index contributed by atoms with van der Waals surface area (Å²) in [7, 11) is 0. The zero-order valence-electron chi connectivity index (χ0n) is 7.53. The summed E-state index contributed by atoms with van der Waals surface area (Å²) in [5, 5.41) is 12.1. The van der Waals surface area contributed by atoms with Crippen molar-refractivity contribution < 1.29 is 5.21 Å². The Balaban J connectivity index is 2.16. The van der Waals surface area contributed by atoms with Crippen molar-refractivity contribution in [1.29, 1.82) is 0 Å². The number of hydrogen-bond acceptors (Lipinski definition) is 3. The first-order chi connectivity index (χ1) is 5.79. The highest BCUT2D eigenvalue weighted by atomic mass is 16.4. The van der Waals surface area contributed by atoms with Crippen LogP contribution in [0.3, 0.4) is 0 Å². The van der Waals surface area contributed by atoms with E-state index in [9.17, 15) is 0 Å². The predicted octanol–water partition coefficient (Wildman–Crippen LogP) is 1.32. The lowest BCUT2D eigenvalue weighted by molar-refractivity contribution is 0.160. The number of oxime groups is 1. The average Bonchev–Trinajstić information content (AvgIpc) is 2.34. The quantitative estimate of drug-likeness (QED) is 0.437. The van der Waals surface area contributed by atoms with Crippen LogP contribution in [0.2, 0.25) is 0 Å². The molecule has 0 aromatic rings. The Morgan fingerprint density at radius 1 is 1.58 bits per heavy atom. The van der Waals surface area contributed by atoms with E-state index in [-0.39, 0.29) is 0 Å². The number of hydrogen-bond donors (Lipinski definition) is 1. The van der Waals surface area contributed by atoms with E-state index >= 15 is 0 Å². The highest BCUT2D eigenvalue weighted by molar-refractivity contribution is 5.86. The van der Waals surface area contributed by atoms with Crippen LogP contribution >= 0.6 is 0 Å². The van der Waals surface area contributed by atoms with E-state index in [0.717, 1.165) is 24.6 Å². The summed E-state index contributed by atoms with van der Waals surface area (Å²) in [5.74, 6) is 0.768. The molecule has 0 radical (unpaired) electrons. The lowest BCUT2D eigenvalue weighted by atomic mass is 9.91. The van der Waals surface area contributed by atoms with Gasteiger partial charge < -0.3 is 5.21 Å². The van der Waals surface area contributed by atoms with Gasteiger partial charge in [-0.2, -0.15) is 0 Å². The number of nitrogens with zero attached hydrogens (tertiary/aromatic N) is 2. The van der Waals surface area contributed by atoms with Gasteiger partial charge in [0.25, 0.3) is 0 Å². The second kappa shape index (κ2) is 3.05. The summed E-state index contributed by atoms with van der Waals surface area (Å²) in [4.78, 5) is 2.42. The minimum absolute atomic E-state index is 0.683. The fourth-order valence-corrected chi connectivity index (χ4v) is 2.44. The molecule has 3 fully saturated rings. The molecule has 3 heterocycles. The largest absolute Gasteiger partial charge is 0.411 e. The van der Waals surface area contributed by atoms with Crippen LogP contribution in [0, 0.1) is 5.92 Å². The van der Waals surface area contributed by atoms with Crippen molar-refractivity contribution in [3.63, 3.8) is 0 Å². The fraction of sp³-hybridized carbons (Fsp3) is 0.889. The molecule has 0 saturated carbocycles. The first-order valence-electron chi connectivity index (χ1n) is 4.73. The first-order valence-corrected chi connectivity index (χ1v) is 4.73. The number of fused-ring (bicyclic) bond motifs is 4. The molecule has 3 heteroatoms. The molecule has 3 atom stereocenters. The minimum atomic E-state index is 0.683. The van der Waals surface area contributed by atoms with Crippen molar-refractivity contribution in [3.8, 4) is 0 Å². The molecule has 3 aliphatic heterocycles. The normalized spacial score (nSPS) is 44.8. The molecule has 2 bridgehead atoms. The van der Waals surface area contributed by atoms with Crippen LogP contribution in [0.4, 0.5) is 0 Å². The van der Waals surface area contributed by atoms with E-state index in [2.05, 4.69) is 17.0 Å². The van der Waals surface area contributed by atoms with E-state index in [1.165, 1.54) is 19.4 Å². The third-order valence-corrected chi connectivity index (χ3v) is 3.17. The van der Waals surface area contributed by atoms with Gasteiger partial charge in [-0.05, 0) is 38.6 Å². The maximum atomic E-state index is 8.73. The highest BCUT2D eigenvalue weighted by Gasteiger charge is 2.31. The topological polar surface area (TPSA) is 35.8 Å². The van der Waals surface area contributed by atoms with Crippen molar-refractivity contribution in [2.45, 2.75) is 32.2 Å². The van der Waals surface area contributed by atoms with Gasteiger partial charge in [0.15, 0.2) is 0 Å². The van der Waals surface area contributed by atoms with Gasteiger partial charge in [-0.3, -0.25) is 4.90 Å². The van der Waals surface area contributed by atoms with Crippen molar-refractivity contribution in [2.24, 2.45) is 11.1 Å². The molecule has 0 aliphatic carbocycles. The van der Waals surface area contributed by atoms with Crippen molar-refractivity contribution >= 4 is 5.71 Å². The zero-order valence-corrected chi connectivity index (χ0v) is 7.53. The van der Waals surface area contributed by atoms with Gasteiger partial charge in [0.05, 0.1) is 5.71 Å². The minimum Gasteiger partial charge on any atom is -0.411 e. The van der Waals surface area contributed by atoms with Crippen LogP contribution in [0.25, 0.3) is 0 Å². The van der Waals surface area contributed by atoms with Crippen molar-refractivity contribution in [1.82, 2.24) is 4.90 Å². The molecule has 3 nitrogen and oxygen atoms in total. The van der Waals surface area contributed by atoms with E-state index in [1.807, 2.05) is 0 Å². The Kier molecular flexibility index (Phi) is 2.05. The van der Waals surface area contributed by atoms with E-state index in [0.29, 0.717) is 6.04 Å². The lowest BCUT2D eigenvalue weighted by Crippen LogP contribution is -2.39. The number of piperidine rings is 1. The van der Waals surface area contributed by atoms with Gasteiger partial charge >= 0.3 is 0 Å². The van der Waals surface area contributed by atoms with Crippen LogP contribution in [-0.2, 0) is 0 Å². The molecular formula is C9H16N2O. The Morgan fingerprint density at radius 3 is 3.08 bits per heavy atom. The van der Waals surface area contributed by atoms with Gasteiger partial charge in [-0.15, -0.1) is 0 Å². The number of rotatable bonds is 0. The van der Waals surface area contributed by atoms with Crippen LogP contribution in [0.15, 0.2) is 5.16 Å². The molecule has 12 heavy (non-hydrogen) atoms. The van der Waals surface area contributed by atoms with Crippen LogP contribution in [0.1, 0.15) is 26.2 Å². The van der Waals surface area contributed by atoms with E-state index < -0.39 is 0 Å². The molecule has 3 unspecified atom stereocenters. The van der Waals surface area contributed by atoms with Gasteiger partial charge in [-0.25, -0.2) is 0 Å². The van der Waals surface area contributed by atoms with Crippen LogP contribution in [0.5, 0.6) is 0 Å². The predicted molar refractivity (Wildman–Crippen MR) is 47.6 cm³/mol. The third-order valence-electron chi connectivity index (χ3n) is 3.17. The first kappa shape index (κ1) is 8.05. The summed E-state index contributed by atoms with van der Waals surface area (Å²) in [6.07, 6.45) is 3.57. The Morgan fingerprint density at radius 2 is 2.42 bits per heavy atom. The molecule has 3 saturated heterocycles. The van der Waals surface area contributed by atoms with Gasteiger partial charge in [0.1, 0.15) is 0 Å². The fourth-order valence-electron chi connectivity index (χ4n) is 2.44. The summed E-state index contributed by atoms with van der Waals surface area (Å²) in [5.41, 5.74) is 0.974.